The van der Waals surface area contributed by atoms with E-state index >= 15 is 0 Å². The molecule has 0 saturated carbocycles. The van der Waals surface area contributed by atoms with Crippen molar-refractivity contribution in [3.05, 3.63) is 29.6 Å². The standard InChI is InChI=1S/C16H26FNO3/c1-4-8-18-15(7-9-21-11-10-19-2)13-5-6-16(20-3)14(17)12-13/h5-6,12,15,18H,4,7-11H2,1-3H3. The van der Waals surface area contributed by atoms with Crippen LogP contribution in [0.2, 0.25) is 0 Å². The van der Waals surface area contributed by atoms with Crippen molar-refractivity contribution in [3.63, 3.8) is 0 Å². The lowest BCUT2D eigenvalue weighted by Gasteiger charge is -2.19. The molecule has 0 spiro atoms. The summed E-state index contributed by atoms with van der Waals surface area (Å²) in [4.78, 5) is 0. The molecule has 1 aromatic carbocycles. The Hall–Kier alpha value is -1.17. The lowest BCUT2D eigenvalue weighted by Crippen LogP contribution is -2.24. The smallest absolute Gasteiger partial charge is 0.165 e. The van der Waals surface area contributed by atoms with E-state index < -0.39 is 0 Å². The fourth-order valence-corrected chi connectivity index (χ4v) is 2.05. The van der Waals surface area contributed by atoms with E-state index in [-0.39, 0.29) is 17.6 Å². The molecule has 1 aromatic rings. The fraction of sp³-hybridized carbons (Fsp3) is 0.625. The molecule has 0 amide bonds. The molecule has 0 saturated heterocycles. The molecule has 0 aliphatic rings. The van der Waals surface area contributed by atoms with E-state index in [1.54, 1.807) is 13.2 Å². The van der Waals surface area contributed by atoms with Crippen LogP contribution in [-0.2, 0) is 9.47 Å². The molecule has 0 aromatic heterocycles. The summed E-state index contributed by atoms with van der Waals surface area (Å²) in [6.45, 7) is 4.76. The third kappa shape index (κ3) is 6.42. The Balaban J connectivity index is 2.61. The van der Waals surface area contributed by atoms with E-state index in [0.29, 0.717) is 19.8 Å². The van der Waals surface area contributed by atoms with Crippen molar-refractivity contribution in [1.82, 2.24) is 5.32 Å². The van der Waals surface area contributed by atoms with Gasteiger partial charge in [0, 0.05) is 19.8 Å². The van der Waals surface area contributed by atoms with Gasteiger partial charge < -0.3 is 19.5 Å². The van der Waals surface area contributed by atoms with Gasteiger partial charge in [0.25, 0.3) is 0 Å². The second-order valence-electron chi connectivity index (χ2n) is 4.79. The summed E-state index contributed by atoms with van der Waals surface area (Å²) in [6, 6.07) is 5.16. The Labute approximate surface area is 126 Å². The Morgan fingerprint density at radius 2 is 2.00 bits per heavy atom. The Morgan fingerprint density at radius 1 is 1.19 bits per heavy atom. The first-order chi connectivity index (χ1) is 10.2. The van der Waals surface area contributed by atoms with Gasteiger partial charge in [0.15, 0.2) is 11.6 Å². The number of methoxy groups -OCH3 is 2. The van der Waals surface area contributed by atoms with E-state index in [2.05, 4.69) is 12.2 Å². The molecule has 0 radical (unpaired) electrons. The van der Waals surface area contributed by atoms with Crippen LogP contribution in [0.3, 0.4) is 0 Å². The van der Waals surface area contributed by atoms with Crippen LogP contribution in [0.5, 0.6) is 5.75 Å². The van der Waals surface area contributed by atoms with Crippen molar-refractivity contribution >= 4 is 0 Å². The number of ether oxygens (including phenoxy) is 3. The van der Waals surface area contributed by atoms with Crippen LogP contribution in [0.4, 0.5) is 4.39 Å². The zero-order valence-corrected chi connectivity index (χ0v) is 13.2. The Bertz CT molecular complexity index is 401. The summed E-state index contributed by atoms with van der Waals surface area (Å²) in [7, 11) is 3.11. The normalized spacial score (nSPS) is 12.4. The van der Waals surface area contributed by atoms with Crippen molar-refractivity contribution in [2.24, 2.45) is 0 Å². The first kappa shape index (κ1) is 17.9. The van der Waals surface area contributed by atoms with Crippen molar-refractivity contribution in [2.75, 3.05) is 40.6 Å². The minimum absolute atomic E-state index is 0.0768. The summed E-state index contributed by atoms with van der Waals surface area (Å²) < 4.78 is 29.2. The van der Waals surface area contributed by atoms with Gasteiger partial charge in [0.2, 0.25) is 0 Å². The zero-order valence-electron chi connectivity index (χ0n) is 13.2. The molecular weight excluding hydrogens is 273 g/mol. The molecule has 5 heteroatoms. The predicted molar refractivity (Wildman–Crippen MR) is 81.3 cm³/mol. The quantitative estimate of drug-likeness (QED) is 0.638. The van der Waals surface area contributed by atoms with E-state index in [0.717, 1.165) is 24.9 Å². The van der Waals surface area contributed by atoms with Crippen molar-refractivity contribution < 1.29 is 18.6 Å². The number of nitrogens with one attached hydrogen (secondary N) is 1. The summed E-state index contributed by atoms with van der Waals surface area (Å²) >= 11 is 0. The third-order valence-electron chi connectivity index (χ3n) is 3.20. The molecule has 1 atom stereocenters. The van der Waals surface area contributed by atoms with Gasteiger partial charge >= 0.3 is 0 Å². The van der Waals surface area contributed by atoms with Crippen molar-refractivity contribution in [1.29, 1.82) is 0 Å². The topological polar surface area (TPSA) is 39.7 Å². The molecule has 1 N–H and O–H groups in total. The summed E-state index contributed by atoms with van der Waals surface area (Å²) in [5, 5.41) is 3.42. The number of benzene rings is 1. The lowest BCUT2D eigenvalue weighted by molar-refractivity contribution is 0.0657. The first-order valence-electron chi connectivity index (χ1n) is 7.36. The van der Waals surface area contributed by atoms with E-state index in [1.165, 1.54) is 13.2 Å². The summed E-state index contributed by atoms with van der Waals surface area (Å²) in [5.74, 6) is -0.0667. The minimum atomic E-state index is -0.335. The molecule has 0 aliphatic heterocycles. The zero-order chi connectivity index (χ0) is 15.5. The van der Waals surface area contributed by atoms with Crippen molar-refractivity contribution in [3.8, 4) is 5.75 Å². The van der Waals surface area contributed by atoms with Crippen LogP contribution in [0, 0.1) is 5.82 Å². The monoisotopic (exact) mass is 299 g/mol. The van der Waals surface area contributed by atoms with Crippen LogP contribution >= 0.6 is 0 Å². The maximum Gasteiger partial charge on any atom is 0.165 e. The van der Waals surface area contributed by atoms with Gasteiger partial charge in [-0.15, -0.1) is 0 Å². The van der Waals surface area contributed by atoms with E-state index in [9.17, 15) is 4.39 Å². The lowest BCUT2D eigenvalue weighted by atomic mass is 10.0. The van der Waals surface area contributed by atoms with Gasteiger partial charge in [-0.05, 0) is 37.1 Å². The Kier molecular flexibility index (Phi) is 8.98. The highest BCUT2D eigenvalue weighted by Gasteiger charge is 2.13. The maximum atomic E-state index is 13.8. The van der Waals surface area contributed by atoms with Crippen LogP contribution in [0.15, 0.2) is 18.2 Å². The average Bonchev–Trinajstić information content (AvgIpc) is 2.50. The van der Waals surface area contributed by atoms with Gasteiger partial charge in [-0.3, -0.25) is 0 Å². The minimum Gasteiger partial charge on any atom is -0.494 e. The van der Waals surface area contributed by atoms with Crippen molar-refractivity contribution in [2.45, 2.75) is 25.8 Å². The summed E-state index contributed by atoms with van der Waals surface area (Å²) in [6.07, 6.45) is 1.81. The molecule has 1 rings (SSSR count). The third-order valence-corrected chi connectivity index (χ3v) is 3.20. The van der Waals surface area contributed by atoms with Crippen LogP contribution in [0.1, 0.15) is 31.4 Å². The van der Waals surface area contributed by atoms with Crippen LogP contribution in [-0.4, -0.2) is 40.6 Å². The summed E-state index contributed by atoms with van der Waals surface area (Å²) in [5.41, 5.74) is 0.914. The highest BCUT2D eigenvalue weighted by atomic mass is 19.1. The SMILES string of the molecule is CCCNC(CCOCCOC)c1ccc(OC)c(F)c1. The first-order valence-corrected chi connectivity index (χ1v) is 7.36. The van der Waals surface area contributed by atoms with E-state index in [4.69, 9.17) is 14.2 Å². The predicted octanol–water partition coefficient (Wildman–Crippen LogP) is 2.93. The molecule has 4 nitrogen and oxygen atoms in total. The molecule has 0 bridgehead atoms. The Morgan fingerprint density at radius 3 is 2.62 bits per heavy atom. The highest BCUT2D eigenvalue weighted by molar-refractivity contribution is 5.31. The van der Waals surface area contributed by atoms with Crippen LogP contribution < -0.4 is 10.1 Å². The number of hydrogen-bond acceptors (Lipinski definition) is 4. The van der Waals surface area contributed by atoms with Gasteiger partial charge in [-0.2, -0.15) is 0 Å². The maximum absolute atomic E-state index is 13.8. The molecule has 120 valence electrons. The molecular formula is C16H26FNO3. The van der Waals surface area contributed by atoms with Gasteiger partial charge in [0.1, 0.15) is 0 Å². The number of rotatable bonds is 11. The molecule has 0 aliphatic carbocycles. The second-order valence-corrected chi connectivity index (χ2v) is 4.79. The average molecular weight is 299 g/mol. The molecule has 0 heterocycles. The second kappa shape index (κ2) is 10.5. The van der Waals surface area contributed by atoms with Crippen LogP contribution in [0.25, 0.3) is 0 Å². The fourth-order valence-electron chi connectivity index (χ4n) is 2.05. The number of halogens is 1. The van der Waals surface area contributed by atoms with Gasteiger partial charge in [-0.1, -0.05) is 13.0 Å². The van der Waals surface area contributed by atoms with Gasteiger partial charge in [0.05, 0.1) is 20.3 Å². The van der Waals surface area contributed by atoms with Gasteiger partial charge in [-0.25, -0.2) is 4.39 Å². The number of hydrogen-bond donors (Lipinski definition) is 1. The largest absolute Gasteiger partial charge is 0.494 e. The molecule has 21 heavy (non-hydrogen) atoms. The molecule has 1 unspecified atom stereocenters. The highest BCUT2D eigenvalue weighted by Crippen LogP contribution is 2.23. The van der Waals surface area contributed by atoms with E-state index in [1.807, 2.05) is 6.07 Å². The molecule has 0 fully saturated rings.